The Morgan fingerprint density at radius 1 is 1.05 bits per heavy atom. The van der Waals surface area contributed by atoms with Gasteiger partial charge in [-0.15, -0.1) is 24.8 Å². The molecule has 0 unspecified atom stereocenters. The van der Waals surface area contributed by atoms with E-state index < -0.39 is 0 Å². The lowest BCUT2D eigenvalue weighted by atomic mass is 9.77. The Balaban J connectivity index is 0.00000110. The summed E-state index contributed by atoms with van der Waals surface area (Å²) in [5.41, 5.74) is 0.517. The second kappa shape index (κ2) is 8.00. The smallest absolute Gasteiger partial charge is 0.225 e. The molecule has 3 aliphatic rings. The highest BCUT2D eigenvalue weighted by Gasteiger charge is 2.39. The molecule has 1 spiro atoms. The van der Waals surface area contributed by atoms with Gasteiger partial charge in [0.15, 0.2) is 0 Å². The van der Waals surface area contributed by atoms with Gasteiger partial charge >= 0.3 is 0 Å². The summed E-state index contributed by atoms with van der Waals surface area (Å²) < 4.78 is 0. The fourth-order valence-corrected chi connectivity index (χ4v) is 3.94. The molecule has 4 nitrogen and oxygen atoms in total. The molecular formula is C15H29Cl2N3O. The minimum Gasteiger partial charge on any atom is -0.342 e. The molecule has 3 aliphatic heterocycles. The molecule has 124 valence electrons. The van der Waals surface area contributed by atoms with Crippen molar-refractivity contribution in [3.05, 3.63) is 0 Å². The predicted molar refractivity (Wildman–Crippen MR) is 90.5 cm³/mol. The monoisotopic (exact) mass is 337 g/mol. The molecule has 0 radical (unpaired) electrons. The van der Waals surface area contributed by atoms with Gasteiger partial charge < -0.3 is 15.1 Å². The molecule has 0 saturated carbocycles. The number of carbonyl (C=O) groups excluding carboxylic acids is 1. The maximum atomic E-state index is 12.6. The van der Waals surface area contributed by atoms with E-state index in [0.717, 1.165) is 39.0 Å². The summed E-state index contributed by atoms with van der Waals surface area (Å²) in [6.07, 6.45) is 5.83. The van der Waals surface area contributed by atoms with E-state index in [9.17, 15) is 4.79 Å². The lowest BCUT2D eigenvalue weighted by molar-refractivity contribution is -0.139. The zero-order valence-electron chi connectivity index (χ0n) is 13.0. The maximum absolute atomic E-state index is 12.6. The standard InChI is InChI=1S/C15H27N3O.2ClH/c1-17-8-2-13(3-9-17)14(19)18-10-5-15(6-11-18)4-7-16-12-15;;/h13,16H,2-12H2,1H3;2*1H. The Morgan fingerprint density at radius 3 is 2.19 bits per heavy atom. The fraction of sp³-hybridized carbons (Fsp3) is 0.933. The zero-order chi connectivity index (χ0) is 13.3. The molecule has 3 fully saturated rings. The molecule has 1 amide bonds. The maximum Gasteiger partial charge on any atom is 0.225 e. The van der Waals surface area contributed by atoms with E-state index in [1.165, 1.54) is 32.4 Å². The van der Waals surface area contributed by atoms with Crippen molar-refractivity contribution in [1.29, 1.82) is 0 Å². The fourth-order valence-electron chi connectivity index (χ4n) is 3.94. The van der Waals surface area contributed by atoms with Gasteiger partial charge in [-0.3, -0.25) is 4.79 Å². The third-order valence-corrected chi connectivity index (χ3v) is 5.54. The molecule has 3 rings (SSSR count). The molecule has 6 heteroatoms. The molecule has 0 aromatic heterocycles. The molecular weight excluding hydrogens is 309 g/mol. The molecule has 0 atom stereocenters. The van der Waals surface area contributed by atoms with Gasteiger partial charge in [-0.2, -0.15) is 0 Å². The van der Waals surface area contributed by atoms with Crippen LogP contribution in [-0.4, -0.2) is 62.0 Å². The molecule has 0 bridgehead atoms. The van der Waals surface area contributed by atoms with Crippen molar-refractivity contribution in [2.75, 3.05) is 46.3 Å². The van der Waals surface area contributed by atoms with Crippen LogP contribution in [0.25, 0.3) is 0 Å². The Morgan fingerprint density at radius 2 is 1.67 bits per heavy atom. The predicted octanol–water partition coefficient (Wildman–Crippen LogP) is 1.77. The summed E-state index contributed by atoms with van der Waals surface area (Å²) in [7, 11) is 2.15. The third kappa shape index (κ3) is 4.25. The summed E-state index contributed by atoms with van der Waals surface area (Å²) >= 11 is 0. The summed E-state index contributed by atoms with van der Waals surface area (Å²) in [6, 6.07) is 0. The van der Waals surface area contributed by atoms with Crippen molar-refractivity contribution in [2.24, 2.45) is 11.3 Å². The first kappa shape index (κ1) is 19.0. The Bertz CT molecular complexity index is 330. The van der Waals surface area contributed by atoms with E-state index in [0.29, 0.717) is 17.2 Å². The lowest BCUT2D eigenvalue weighted by Crippen LogP contribution is -2.47. The van der Waals surface area contributed by atoms with E-state index in [1.54, 1.807) is 0 Å². The number of hydrogen-bond donors (Lipinski definition) is 1. The van der Waals surface area contributed by atoms with Crippen molar-refractivity contribution < 1.29 is 4.79 Å². The topological polar surface area (TPSA) is 35.6 Å². The minimum atomic E-state index is 0. The molecule has 0 aromatic carbocycles. The summed E-state index contributed by atoms with van der Waals surface area (Å²) in [5.74, 6) is 0.737. The number of likely N-dealkylation sites (tertiary alicyclic amines) is 2. The van der Waals surface area contributed by atoms with Gasteiger partial charge in [-0.25, -0.2) is 0 Å². The van der Waals surface area contributed by atoms with Crippen LogP contribution in [-0.2, 0) is 4.79 Å². The second-order valence-corrected chi connectivity index (χ2v) is 6.83. The molecule has 21 heavy (non-hydrogen) atoms. The van der Waals surface area contributed by atoms with Gasteiger partial charge in [0, 0.05) is 25.6 Å². The molecule has 1 N–H and O–H groups in total. The van der Waals surface area contributed by atoms with E-state index in [-0.39, 0.29) is 24.8 Å². The van der Waals surface area contributed by atoms with Crippen LogP contribution in [0.2, 0.25) is 0 Å². The average molecular weight is 338 g/mol. The summed E-state index contributed by atoms with van der Waals surface area (Å²) in [4.78, 5) is 17.0. The largest absolute Gasteiger partial charge is 0.342 e. The molecule has 3 saturated heterocycles. The van der Waals surface area contributed by atoms with Crippen molar-refractivity contribution in [3.8, 4) is 0 Å². The second-order valence-electron chi connectivity index (χ2n) is 6.83. The molecule has 3 heterocycles. The van der Waals surface area contributed by atoms with Gasteiger partial charge in [0.2, 0.25) is 5.91 Å². The van der Waals surface area contributed by atoms with Crippen LogP contribution in [0.3, 0.4) is 0 Å². The van der Waals surface area contributed by atoms with Crippen LogP contribution >= 0.6 is 24.8 Å². The Kier molecular flexibility index (Phi) is 7.25. The van der Waals surface area contributed by atoms with Gasteiger partial charge in [0.1, 0.15) is 0 Å². The van der Waals surface area contributed by atoms with Crippen LogP contribution in [0, 0.1) is 11.3 Å². The highest BCUT2D eigenvalue weighted by atomic mass is 35.5. The van der Waals surface area contributed by atoms with E-state index >= 15 is 0 Å². The number of hydrogen-bond acceptors (Lipinski definition) is 3. The van der Waals surface area contributed by atoms with Crippen molar-refractivity contribution in [1.82, 2.24) is 15.1 Å². The van der Waals surface area contributed by atoms with Crippen LogP contribution in [0.15, 0.2) is 0 Å². The SMILES string of the molecule is CN1CCC(C(=O)N2CCC3(CCNC3)CC2)CC1.Cl.Cl. The average Bonchev–Trinajstić information content (AvgIpc) is 2.88. The Labute approximate surface area is 140 Å². The van der Waals surface area contributed by atoms with E-state index in [1.807, 2.05) is 0 Å². The molecule has 0 aromatic rings. The van der Waals surface area contributed by atoms with Crippen LogP contribution < -0.4 is 5.32 Å². The number of carbonyl (C=O) groups is 1. The molecule has 0 aliphatic carbocycles. The van der Waals surface area contributed by atoms with Gasteiger partial charge in [0.05, 0.1) is 0 Å². The number of nitrogens with zero attached hydrogens (tertiary/aromatic N) is 2. The first-order valence-corrected chi connectivity index (χ1v) is 7.87. The van der Waals surface area contributed by atoms with Crippen molar-refractivity contribution in [3.63, 3.8) is 0 Å². The van der Waals surface area contributed by atoms with E-state index in [2.05, 4.69) is 22.2 Å². The van der Waals surface area contributed by atoms with Crippen LogP contribution in [0.1, 0.15) is 32.1 Å². The van der Waals surface area contributed by atoms with Crippen LogP contribution in [0.5, 0.6) is 0 Å². The summed E-state index contributed by atoms with van der Waals surface area (Å²) in [5, 5.41) is 3.49. The van der Waals surface area contributed by atoms with Gasteiger partial charge in [-0.1, -0.05) is 0 Å². The quantitative estimate of drug-likeness (QED) is 0.792. The minimum absolute atomic E-state index is 0. The summed E-state index contributed by atoms with van der Waals surface area (Å²) in [6.45, 7) is 6.49. The normalized spacial score (nSPS) is 26.2. The van der Waals surface area contributed by atoms with Crippen LogP contribution in [0.4, 0.5) is 0 Å². The van der Waals surface area contributed by atoms with E-state index in [4.69, 9.17) is 0 Å². The lowest BCUT2D eigenvalue weighted by Gasteiger charge is -2.41. The Hall–Kier alpha value is -0.0300. The third-order valence-electron chi connectivity index (χ3n) is 5.54. The van der Waals surface area contributed by atoms with Gasteiger partial charge in [-0.05, 0) is 64.2 Å². The highest BCUT2D eigenvalue weighted by Crippen LogP contribution is 2.37. The number of nitrogens with one attached hydrogen (secondary N) is 1. The zero-order valence-corrected chi connectivity index (χ0v) is 14.6. The number of piperidine rings is 2. The highest BCUT2D eigenvalue weighted by molar-refractivity contribution is 5.85. The van der Waals surface area contributed by atoms with Gasteiger partial charge in [0.25, 0.3) is 0 Å². The first-order chi connectivity index (χ1) is 9.19. The number of halogens is 2. The first-order valence-electron chi connectivity index (χ1n) is 7.87. The van der Waals surface area contributed by atoms with Crippen molar-refractivity contribution >= 4 is 30.7 Å². The van der Waals surface area contributed by atoms with Crippen molar-refractivity contribution in [2.45, 2.75) is 32.1 Å². The number of rotatable bonds is 1. The number of amides is 1.